The van der Waals surface area contributed by atoms with E-state index < -0.39 is 18.5 Å². The Balaban J connectivity index is 1.58. The topological polar surface area (TPSA) is 97.8 Å². The van der Waals surface area contributed by atoms with E-state index in [2.05, 4.69) is 15.6 Å². The molecule has 1 fully saturated rings. The molecule has 3 N–H and O–H groups in total. The van der Waals surface area contributed by atoms with E-state index in [0.717, 1.165) is 5.69 Å². The van der Waals surface area contributed by atoms with Crippen LogP contribution in [0.4, 0.5) is 20.6 Å². The molecule has 8 nitrogen and oxygen atoms in total. The molecule has 2 aromatic rings. The Hall–Kier alpha value is -3.04. The van der Waals surface area contributed by atoms with Gasteiger partial charge in [0, 0.05) is 44.0 Å². The summed E-state index contributed by atoms with van der Waals surface area (Å²) in [5, 5.41) is 14.1. The molecule has 1 aliphatic rings. The second-order valence-corrected chi connectivity index (χ2v) is 6.86. The lowest BCUT2D eigenvalue weighted by molar-refractivity contribution is -0.136. The maximum absolute atomic E-state index is 14.9. The molecule has 0 bridgehead atoms. The van der Waals surface area contributed by atoms with Gasteiger partial charge in [-0.3, -0.25) is 14.7 Å². The number of benzene rings is 1. The second-order valence-electron chi connectivity index (χ2n) is 6.86. The first-order chi connectivity index (χ1) is 14.0. The summed E-state index contributed by atoms with van der Waals surface area (Å²) in [5.74, 6) is -0.782. The number of nitrogens with zero attached hydrogens (tertiary/aromatic N) is 3. The van der Waals surface area contributed by atoms with Gasteiger partial charge in [0.1, 0.15) is 6.61 Å². The van der Waals surface area contributed by atoms with Crippen molar-refractivity contribution >= 4 is 23.3 Å². The van der Waals surface area contributed by atoms with Gasteiger partial charge in [0.05, 0.1) is 17.6 Å². The van der Waals surface area contributed by atoms with Gasteiger partial charge in [-0.2, -0.15) is 0 Å². The molecule has 0 saturated carbocycles. The number of pyridine rings is 1. The third-order valence-corrected chi connectivity index (χ3v) is 4.75. The van der Waals surface area contributed by atoms with Crippen LogP contribution in [0.15, 0.2) is 36.5 Å². The maximum Gasteiger partial charge on any atom is 0.323 e. The summed E-state index contributed by atoms with van der Waals surface area (Å²) in [7, 11) is 0. The number of hydrogen-bond donors (Lipinski definition) is 3. The summed E-state index contributed by atoms with van der Waals surface area (Å²) < 4.78 is 14.9. The zero-order valence-electron chi connectivity index (χ0n) is 16.2. The summed E-state index contributed by atoms with van der Waals surface area (Å²) in [4.78, 5) is 31.4. The average Bonchev–Trinajstić information content (AvgIpc) is 2.72. The lowest BCUT2D eigenvalue weighted by atomic mass is 10.1. The number of urea groups is 1. The largest absolute Gasteiger partial charge is 0.387 e. The molecule has 1 aromatic heterocycles. The van der Waals surface area contributed by atoms with Crippen molar-refractivity contribution in [1.29, 1.82) is 0 Å². The predicted molar refractivity (Wildman–Crippen MR) is 107 cm³/mol. The molecule has 0 unspecified atom stereocenters. The summed E-state index contributed by atoms with van der Waals surface area (Å²) in [6, 6.07) is 7.80. The average molecular weight is 401 g/mol. The van der Waals surface area contributed by atoms with Crippen molar-refractivity contribution in [3.05, 3.63) is 53.6 Å². The van der Waals surface area contributed by atoms with Crippen molar-refractivity contribution in [1.82, 2.24) is 14.8 Å². The Morgan fingerprint density at radius 1 is 1.14 bits per heavy atom. The van der Waals surface area contributed by atoms with E-state index in [1.54, 1.807) is 29.2 Å². The Kier molecular flexibility index (Phi) is 6.73. The van der Waals surface area contributed by atoms with Crippen LogP contribution >= 0.6 is 0 Å². The standard InChI is InChI=1S/C20H24FN5O3/c1-14-5-6-16(11-22-14)23-20(29)24-17-4-2-3-15(19(17)21)12-25-7-9-26(10-8-25)18(28)13-27/h2-6,11,27H,7-10,12-13H2,1H3,(H2,23,24,29). The minimum absolute atomic E-state index is 0.0918. The van der Waals surface area contributed by atoms with Gasteiger partial charge >= 0.3 is 6.03 Å². The number of anilines is 2. The zero-order chi connectivity index (χ0) is 20.8. The highest BCUT2D eigenvalue weighted by atomic mass is 19.1. The summed E-state index contributed by atoms with van der Waals surface area (Å²) in [5.41, 5.74) is 1.90. The third-order valence-electron chi connectivity index (χ3n) is 4.75. The first-order valence-electron chi connectivity index (χ1n) is 9.35. The first-order valence-corrected chi connectivity index (χ1v) is 9.35. The molecule has 9 heteroatoms. The monoisotopic (exact) mass is 401 g/mol. The van der Waals surface area contributed by atoms with Crippen LogP contribution in [0.25, 0.3) is 0 Å². The lowest BCUT2D eigenvalue weighted by Crippen LogP contribution is -2.49. The van der Waals surface area contributed by atoms with Gasteiger partial charge < -0.3 is 20.6 Å². The highest BCUT2D eigenvalue weighted by Crippen LogP contribution is 2.20. The van der Waals surface area contributed by atoms with E-state index in [9.17, 15) is 14.0 Å². The highest BCUT2D eigenvalue weighted by Gasteiger charge is 2.21. The van der Waals surface area contributed by atoms with Crippen molar-refractivity contribution in [2.75, 3.05) is 43.4 Å². The van der Waals surface area contributed by atoms with Crippen molar-refractivity contribution < 1.29 is 19.1 Å². The molecule has 0 radical (unpaired) electrons. The Morgan fingerprint density at radius 2 is 1.90 bits per heavy atom. The number of amides is 3. The minimum atomic E-state index is -0.553. The number of rotatable bonds is 5. The van der Waals surface area contributed by atoms with E-state index in [1.165, 1.54) is 12.3 Å². The number of aliphatic hydroxyl groups is 1. The quantitative estimate of drug-likeness (QED) is 0.710. The number of aliphatic hydroxyl groups excluding tert-OH is 1. The van der Waals surface area contributed by atoms with Crippen LogP contribution in [-0.2, 0) is 11.3 Å². The fraction of sp³-hybridized carbons (Fsp3) is 0.350. The van der Waals surface area contributed by atoms with Crippen LogP contribution in [0, 0.1) is 12.7 Å². The third kappa shape index (κ3) is 5.49. The molecular formula is C20H24FN5O3. The number of nitrogens with one attached hydrogen (secondary N) is 2. The Morgan fingerprint density at radius 3 is 2.55 bits per heavy atom. The van der Waals surface area contributed by atoms with E-state index >= 15 is 0 Å². The summed E-state index contributed by atoms with van der Waals surface area (Å²) in [6.45, 7) is 3.87. The maximum atomic E-state index is 14.9. The molecule has 29 heavy (non-hydrogen) atoms. The van der Waals surface area contributed by atoms with Gasteiger partial charge in [-0.25, -0.2) is 9.18 Å². The van der Waals surface area contributed by atoms with Crippen molar-refractivity contribution in [2.24, 2.45) is 0 Å². The highest BCUT2D eigenvalue weighted by molar-refractivity contribution is 5.99. The minimum Gasteiger partial charge on any atom is -0.387 e. The van der Waals surface area contributed by atoms with Crippen LogP contribution in [0.3, 0.4) is 0 Å². The van der Waals surface area contributed by atoms with Crippen LogP contribution in [0.1, 0.15) is 11.3 Å². The van der Waals surface area contributed by atoms with Crippen molar-refractivity contribution in [3.63, 3.8) is 0 Å². The SMILES string of the molecule is Cc1ccc(NC(=O)Nc2cccc(CN3CCN(C(=O)CO)CC3)c2F)cn1. The van der Waals surface area contributed by atoms with Crippen LogP contribution in [0.5, 0.6) is 0 Å². The van der Waals surface area contributed by atoms with Crippen molar-refractivity contribution in [2.45, 2.75) is 13.5 Å². The van der Waals surface area contributed by atoms with Gasteiger partial charge in [-0.05, 0) is 25.1 Å². The number of aromatic nitrogens is 1. The summed E-state index contributed by atoms with van der Waals surface area (Å²) >= 11 is 0. The number of carbonyl (C=O) groups excluding carboxylic acids is 2. The number of carbonyl (C=O) groups is 2. The number of aryl methyl sites for hydroxylation is 1. The number of halogens is 1. The van der Waals surface area contributed by atoms with Gasteiger partial charge in [0.2, 0.25) is 5.91 Å². The van der Waals surface area contributed by atoms with Gasteiger partial charge in [-0.15, -0.1) is 0 Å². The van der Waals surface area contributed by atoms with E-state index in [-0.39, 0.29) is 11.6 Å². The fourth-order valence-corrected chi connectivity index (χ4v) is 3.12. The molecule has 1 saturated heterocycles. The molecule has 0 aliphatic carbocycles. The predicted octanol–water partition coefficient (Wildman–Crippen LogP) is 1.81. The van der Waals surface area contributed by atoms with Gasteiger partial charge in [-0.1, -0.05) is 12.1 Å². The fourth-order valence-electron chi connectivity index (χ4n) is 3.12. The molecule has 0 atom stereocenters. The molecule has 0 spiro atoms. The van der Waals surface area contributed by atoms with E-state index in [4.69, 9.17) is 5.11 Å². The smallest absolute Gasteiger partial charge is 0.323 e. The van der Waals surface area contributed by atoms with Gasteiger partial charge in [0.25, 0.3) is 0 Å². The van der Waals surface area contributed by atoms with Crippen LogP contribution in [-0.4, -0.2) is 64.6 Å². The van der Waals surface area contributed by atoms with Crippen molar-refractivity contribution in [3.8, 4) is 0 Å². The molecular weight excluding hydrogens is 377 g/mol. The Bertz CT molecular complexity index is 867. The normalized spacial score (nSPS) is 14.5. The molecule has 154 valence electrons. The first kappa shape index (κ1) is 20.7. The molecule has 3 amide bonds. The molecule has 1 aromatic carbocycles. The number of hydrogen-bond acceptors (Lipinski definition) is 5. The number of piperazine rings is 1. The molecule has 3 rings (SSSR count). The van der Waals surface area contributed by atoms with Crippen LogP contribution in [0.2, 0.25) is 0 Å². The molecule has 1 aliphatic heterocycles. The zero-order valence-corrected chi connectivity index (χ0v) is 16.2. The molecule has 2 heterocycles. The second kappa shape index (κ2) is 9.44. The van der Waals surface area contributed by atoms with Crippen LogP contribution < -0.4 is 10.6 Å². The Labute approximate surface area is 168 Å². The lowest BCUT2D eigenvalue weighted by Gasteiger charge is -2.34. The van der Waals surface area contributed by atoms with E-state index in [0.29, 0.717) is 44.0 Å². The summed E-state index contributed by atoms with van der Waals surface area (Å²) in [6.07, 6.45) is 1.53. The van der Waals surface area contributed by atoms with E-state index in [1.807, 2.05) is 11.8 Å². The van der Waals surface area contributed by atoms with Gasteiger partial charge in [0.15, 0.2) is 5.82 Å².